The molecule has 34 heavy (non-hydrogen) atoms. The van der Waals surface area contributed by atoms with Crippen molar-refractivity contribution >= 4 is 69.6 Å². The molecule has 3 aromatic rings. The van der Waals surface area contributed by atoms with Gasteiger partial charge in [-0.3, -0.25) is 9.59 Å². The molecule has 0 saturated carbocycles. The largest absolute Gasteiger partial charge is 0.366 e. The molecule has 1 unspecified atom stereocenters. The zero-order valence-electron chi connectivity index (χ0n) is 17.7. The van der Waals surface area contributed by atoms with E-state index in [4.69, 9.17) is 52.8 Å². The summed E-state index contributed by atoms with van der Waals surface area (Å²) in [6, 6.07) is 25.0. The number of nitrogens with one attached hydrogen (secondary N) is 3. The maximum Gasteiger partial charge on any atom is 0.248 e. The smallest absolute Gasteiger partial charge is 0.248 e. The molecular formula is C24H21Cl3N4O2S. The van der Waals surface area contributed by atoms with E-state index in [-0.39, 0.29) is 11.0 Å². The van der Waals surface area contributed by atoms with Crippen LogP contribution in [-0.4, -0.2) is 26.9 Å². The molecule has 0 radical (unpaired) electrons. The van der Waals surface area contributed by atoms with Crippen molar-refractivity contribution < 1.29 is 9.59 Å². The number of halogens is 3. The van der Waals surface area contributed by atoms with Crippen molar-refractivity contribution in [2.75, 3.05) is 5.32 Å². The Hall–Kier alpha value is -2.84. The molecule has 0 saturated heterocycles. The molecule has 0 aliphatic heterocycles. The van der Waals surface area contributed by atoms with E-state index in [1.807, 2.05) is 60.7 Å². The first-order valence-corrected chi connectivity index (χ1v) is 11.6. The highest BCUT2D eigenvalue weighted by atomic mass is 35.6. The second kappa shape index (κ2) is 11.5. The number of hydrogen-bond acceptors (Lipinski definition) is 3. The van der Waals surface area contributed by atoms with Crippen molar-refractivity contribution in [1.82, 2.24) is 10.6 Å². The SMILES string of the molecule is NC(=O)c1cccc(NC(=S)NC(NC(=O)C(c2ccccc2)c2ccccc2)C(Cl)(Cl)Cl)c1. The number of carbonyl (C=O) groups is 2. The van der Waals surface area contributed by atoms with Crippen molar-refractivity contribution in [2.24, 2.45) is 5.73 Å². The van der Waals surface area contributed by atoms with Crippen molar-refractivity contribution in [3.05, 3.63) is 102 Å². The Balaban J connectivity index is 1.79. The van der Waals surface area contributed by atoms with E-state index in [0.717, 1.165) is 11.1 Å². The fraction of sp³-hybridized carbons (Fsp3) is 0.125. The molecule has 0 fully saturated rings. The number of carbonyl (C=O) groups excluding carboxylic acids is 2. The first-order valence-electron chi connectivity index (χ1n) is 10.1. The zero-order valence-corrected chi connectivity index (χ0v) is 20.8. The first-order chi connectivity index (χ1) is 16.1. The Morgan fingerprint density at radius 3 is 1.88 bits per heavy atom. The fourth-order valence-electron chi connectivity index (χ4n) is 3.26. The van der Waals surface area contributed by atoms with Gasteiger partial charge in [0.25, 0.3) is 0 Å². The second-order valence-electron chi connectivity index (χ2n) is 7.28. The Morgan fingerprint density at radius 1 is 0.824 bits per heavy atom. The second-order valence-corrected chi connectivity index (χ2v) is 10.1. The average Bonchev–Trinajstić information content (AvgIpc) is 2.80. The Morgan fingerprint density at radius 2 is 1.38 bits per heavy atom. The topological polar surface area (TPSA) is 96.2 Å². The fourth-order valence-corrected chi connectivity index (χ4v) is 3.82. The van der Waals surface area contributed by atoms with Gasteiger partial charge in [-0.1, -0.05) is 102 Å². The molecule has 0 heterocycles. The van der Waals surface area contributed by atoms with E-state index in [2.05, 4.69) is 16.0 Å². The Kier molecular flexibility index (Phi) is 8.74. The Labute approximate surface area is 217 Å². The van der Waals surface area contributed by atoms with Gasteiger partial charge in [-0.05, 0) is 41.5 Å². The summed E-state index contributed by atoms with van der Waals surface area (Å²) in [5.41, 5.74) is 7.66. The summed E-state index contributed by atoms with van der Waals surface area (Å²) in [5, 5.41) is 8.53. The van der Waals surface area contributed by atoms with Crippen molar-refractivity contribution in [3.8, 4) is 0 Å². The molecular weight excluding hydrogens is 515 g/mol. The minimum atomic E-state index is -1.94. The number of alkyl halides is 3. The molecule has 10 heteroatoms. The number of anilines is 1. The van der Waals surface area contributed by atoms with E-state index >= 15 is 0 Å². The summed E-state index contributed by atoms with van der Waals surface area (Å²) in [4.78, 5) is 24.8. The summed E-state index contributed by atoms with van der Waals surface area (Å²) in [6.45, 7) is 0. The van der Waals surface area contributed by atoms with Crippen molar-refractivity contribution in [2.45, 2.75) is 15.9 Å². The Bertz CT molecular complexity index is 1120. The molecule has 3 aromatic carbocycles. The van der Waals surface area contributed by atoms with Crippen LogP contribution in [0, 0.1) is 0 Å². The molecule has 2 amide bonds. The lowest BCUT2D eigenvalue weighted by Gasteiger charge is -2.29. The van der Waals surface area contributed by atoms with Crippen LogP contribution in [0.3, 0.4) is 0 Å². The quantitative estimate of drug-likeness (QED) is 0.200. The highest BCUT2D eigenvalue weighted by Crippen LogP contribution is 2.31. The van der Waals surface area contributed by atoms with Gasteiger partial charge in [0.2, 0.25) is 15.6 Å². The van der Waals surface area contributed by atoms with Crippen LogP contribution in [0.25, 0.3) is 0 Å². The van der Waals surface area contributed by atoms with Crippen molar-refractivity contribution in [3.63, 3.8) is 0 Å². The summed E-state index contributed by atoms with van der Waals surface area (Å²) in [6.07, 6.45) is -1.17. The molecule has 3 rings (SSSR count). The van der Waals surface area contributed by atoms with E-state index < -0.39 is 21.8 Å². The van der Waals surface area contributed by atoms with Gasteiger partial charge in [0.15, 0.2) is 5.11 Å². The van der Waals surface area contributed by atoms with Crippen LogP contribution in [0.2, 0.25) is 0 Å². The lowest BCUT2D eigenvalue weighted by molar-refractivity contribution is -0.122. The van der Waals surface area contributed by atoms with Gasteiger partial charge in [0, 0.05) is 11.3 Å². The average molecular weight is 536 g/mol. The van der Waals surface area contributed by atoms with Crippen LogP contribution in [0.4, 0.5) is 5.69 Å². The predicted molar refractivity (Wildman–Crippen MR) is 141 cm³/mol. The maximum absolute atomic E-state index is 13.4. The zero-order chi connectivity index (χ0) is 24.7. The molecule has 0 spiro atoms. The van der Waals surface area contributed by atoms with E-state index in [1.54, 1.807) is 18.2 Å². The molecule has 0 aliphatic rings. The third kappa shape index (κ3) is 7.08. The summed E-state index contributed by atoms with van der Waals surface area (Å²) in [7, 11) is 0. The van der Waals surface area contributed by atoms with Gasteiger partial charge in [0.1, 0.15) is 6.17 Å². The van der Waals surface area contributed by atoms with Crippen LogP contribution in [-0.2, 0) is 4.79 Å². The molecule has 6 nitrogen and oxygen atoms in total. The third-order valence-electron chi connectivity index (χ3n) is 4.82. The number of hydrogen-bond donors (Lipinski definition) is 4. The molecule has 0 aliphatic carbocycles. The number of nitrogens with two attached hydrogens (primary N) is 1. The van der Waals surface area contributed by atoms with Gasteiger partial charge in [-0.25, -0.2) is 0 Å². The number of rotatable bonds is 7. The van der Waals surface area contributed by atoms with E-state index in [9.17, 15) is 9.59 Å². The highest BCUT2D eigenvalue weighted by Gasteiger charge is 2.36. The summed E-state index contributed by atoms with van der Waals surface area (Å²) < 4.78 is -1.94. The van der Waals surface area contributed by atoms with Crippen LogP contribution in [0.1, 0.15) is 27.4 Å². The number of primary amides is 1. The summed E-state index contributed by atoms with van der Waals surface area (Å²) >= 11 is 23.8. The molecule has 5 N–H and O–H groups in total. The van der Waals surface area contributed by atoms with Crippen LogP contribution >= 0.6 is 47.0 Å². The maximum atomic E-state index is 13.4. The van der Waals surface area contributed by atoms with Crippen LogP contribution < -0.4 is 21.7 Å². The first kappa shape index (κ1) is 25.8. The lowest BCUT2D eigenvalue weighted by atomic mass is 9.90. The van der Waals surface area contributed by atoms with Crippen molar-refractivity contribution in [1.29, 1.82) is 0 Å². The number of thiocarbonyl (C=S) groups is 1. The number of benzene rings is 3. The van der Waals surface area contributed by atoms with Crippen LogP contribution in [0.5, 0.6) is 0 Å². The van der Waals surface area contributed by atoms with Gasteiger partial charge >= 0.3 is 0 Å². The lowest BCUT2D eigenvalue weighted by Crippen LogP contribution is -2.57. The molecule has 1 atom stereocenters. The van der Waals surface area contributed by atoms with Gasteiger partial charge in [-0.15, -0.1) is 0 Å². The molecule has 176 valence electrons. The highest BCUT2D eigenvalue weighted by molar-refractivity contribution is 7.80. The standard InChI is InChI=1S/C24H21Cl3N4O2S/c25-24(26,27)22(31-23(34)29-18-13-7-12-17(14-18)20(28)32)30-21(33)19(15-8-3-1-4-9-15)16-10-5-2-6-11-16/h1-14,19,22H,(H2,28,32)(H,30,33)(H2,29,31,34). The predicted octanol–water partition coefficient (Wildman–Crippen LogP) is 4.72. The van der Waals surface area contributed by atoms with Gasteiger partial charge in [0.05, 0.1) is 5.92 Å². The van der Waals surface area contributed by atoms with E-state index in [0.29, 0.717) is 11.3 Å². The monoisotopic (exact) mass is 534 g/mol. The van der Waals surface area contributed by atoms with Gasteiger partial charge < -0.3 is 21.7 Å². The van der Waals surface area contributed by atoms with E-state index in [1.165, 1.54) is 6.07 Å². The minimum absolute atomic E-state index is 0.0641. The van der Waals surface area contributed by atoms with Crippen LogP contribution in [0.15, 0.2) is 84.9 Å². The normalized spacial score (nSPS) is 12.0. The third-order valence-corrected chi connectivity index (χ3v) is 5.70. The molecule has 0 aromatic heterocycles. The summed E-state index contributed by atoms with van der Waals surface area (Å²) in [5.74, 6) is -1.62. The van der Waals surface area contributed by atoms with Gasteiger partial charge in [-0.2, -0.15) is 0 Å². The number of amides is 2. The minimum Gasteiger partial charge on any atom is -0.366 e. The molecule has 0 bridgehead atoms.